The first-order chi connectivity index (χ1) is 8.11. The number of nitrogens with zero attached hydrogens (tertiary/aromatic N) is 2. The Morgan fingerprint density at radius 3 is 2.88 bits per heavy atom. The summed E-state index contributed by atoms with van der Waals surface area (Å²) in [5.41, 5.74) is 0.565. The minimum atomic E-state index is -0.487. The molecule has 0 saturated heterocycles. The molecule has 6 heteroatoms. The van der Waals surface area contributed by atoms with Crippen molar-refractivity contribution < 1.29 is 8.91 Å². The molecule has 0 bridgehead atoms. The lowest BCUT2D eigenvalue weighted by atomic mass is 10.2. The summed E-state index contributed by atoms with van der Waals surface area (Å²) >= 11 is 11.6. The highest BCUT2D eigenvalue weighted by molar-refractivity contribution is 6.31. The van der Waals surface area contributed by atoms with Gasteiger partial charge in [0.2, 0.25) is 0 Å². The second-order valence-electron chi connectivity index (χ2n) is 3.46. The van der Waals surface area contributed by atoms with E-state index in [4.69, 9.17) is 27.7 Å². The molecule has 90 valence electrons. The molecule has 0 fully saturated rings. The Bertz CT molecular complexity index is 530. The van der Waals surface area contributed by atoms with Crippen LogP contribution in [0.2, 0.25) is 5.02 Å². The van der Waals surface area contributed by atoms with Gasteiger partial charge in [-0.15, -0.1) is 11.6 Å². The summed E-state index contributed by atoms with van der Waals surface area (Å²) in [4.78, 5) is 4.13. The third-order valence-corrected chi connectivity index (χ3v) is 3.04. The molecular formula is C11H9Cl2FN2O. The third kappa shape index (κ3) is 2.58. The fourth-order valence-corrected chi connectivity index (χ4v) is 1.56. The van der Waals surface area contributed by atoms with Gasteiger partial charge in [0.15, 0.2) is 5.82 Å². The van der Waals surface area contributed by atoms with Crippen LogP contribution in [0.5, 0.6) is 0 Å². The standard InChI is InChI=1S/C11H9Cl2FN2O/c1-2-7(12)10-15-11(17-16-10)6-3-4-9(14)8(13)5-6/h3-5,7H,2H2,1H3. The second kappa shape index (κ2) is 5.02. The van der Waals surface area contributed by atoms with Crippen LogP contribution in [0.3, 0.4) is 0 Å². The lowest BCUT2D eigenvalue weighted by Crippen LogP contribution is -1.90. The van der Waals surface area contributed by atoms with Crippen LogP contribution in [0.25, 0.3) is 11.5 Å². The fraction of sp³-hybridized carbons (Fsp3) is 0.273. The summed E-state index contributed by atoms with van der Waals surface area (Å²) < 4.78 is 18.0. The third-order valence-electron chi connectivity index (χ3n) is 2.25. The zero-order chi connectivity index (χ0) is 12.4. The van der Waals surface area contributed by atoms with Gasteiger partial charge in [-0.05, 0) is 24.6 Å². The summed E-state index contributed by atoms with van der Waals surface area (Å²) in [6.07, 6.45) is 0.699. The second-order valence-corrected chi connectivity index (χ2v) is 4.40. The molecule has 0 radical (unpaired) electrons. The van der Waals surface area contributed by atoms with E-state index in [0.717, 1.165) is 0 Å². The predicted molar refractivity (Wildman–Crippen MR) is 63.6 cm³/mol. The summed E-state index contributed by atoms with van der Waals surface area (Å²) in [6.45, 7) is 1.92. The van der Waals surface area contributed by atoms with Gasteiger partial charge in [0.05, 0.1) is 10.4 Å². The van der Waals surface area contributed by atoms with Crippen molar-refractivity contribution in [1.29, 1.82) is 0 Å². The average molecular weight is 275 g/mol. The first-order valence-electron chi connectivity index (χ1n) is 5.05. The van der Waals surface area contributed by atoms with Gasteiger partial charge in [-0.25, -0.2) is 4.39 Å². The number of halogens is 3. The van der Waals surface area contributed by atoms with Gasteiger partial charge in [-0.3, -0.25) is 0 Å². The smallest absolute Gasteiger partial charge is 0.258 e. The molecule has 0 aliphatic heterocycles. The first kappa shape index (κ1) is 12.3. The topological polar surface area (TPSA) is 38.9 Å². The van der Waals surface area contributed by atoms with E-state index < -0.39 is 5.82 Å². The van der Waals surface area contributed by atoms with E-state index in [1.165, 1.54) is 18.2 Å². The fourth-order valence-electron chi connectivity index (χ4n) is 1.29. The Balaban J connectivity index is 2.33. The molecule has 0 aliphatic carbocycles. The molecule has 2 aromatic rings. The van der Waals surface area contributed by atoms with Crippen molar-refractivity contribution in [2.75, 3.05) is 0 Å². The summed E-state index contributed by atoms with van der Waals surface area (Å²) in [5.74, 6) is 0.213. The van der Waals surface area contributed by atoms with Gasteiger partial charge in [0, 0.05) is 5.56 Å². The van der Waals surface area contributed by atoms with E-state index in [-0.39, 0.29) is 16.3 Å². The molecule has 0 aliphatic rings. The van der Waals surface area contributed by atoms with Gasteiger partial charge in [-0.2, -0.15) is 4.98 Å². The van der Waals surface area contributed by atoms with Crippen molar-refractivity contribution in [1.82, 2.24) is 10.1 Å². The highest BCUT2D eigenvalue weighted by atomic mass is 35.5. The maximum absolute atomic E-state index is 13.0. The van der Waals surface area contributed by atoms with E-state index >= 15 is 0 Å². The summed E-state index contributed by atoms with van der Waals surface area (Å²) in [7, 11) is 0. The van der Waals surface area contributed by atoms with Crippen molar-refractivity contribution in [2.24, 2.45) is 0 Å². The minimum absolute atomic E-state index is 0.0140. The molecular weight excluding hydrogens is 266 g/mol. The predicted octanol–water partition coefficient (Wildman–Crippen LogP) is 4.22. The van der Waals surface area contributed by atoms with E-state index in [0.29, 0.717) is 17.8 Å². The van der Waals surface area contributed by atoms with Crippen molar-refractivity contribution in [3.8, 4) is 11.5 Å². The van der Waals surface area contributed by atoms with Crippen LogP contribution in [-0.4, -0.2) is 10.1 Å². The lowest BCUT2D eigenvalue weighted by molar-refractivity contribution is 0.421. The number of benzene rings is 1. The van der Waals surface area contributed by atoms with Crippen molar-refractivity contribution in [3.05, 3.63) is 34.9 Å². The van der Waals surface area contributed by atoms with Crippen LogP contribution in [0.4, 0.5) is 4.39 Å². The average Bonchev–Trinajstić information content (AvgIpc) is 2.81. The number of aromatic nitrogens is 2. The molecule has 0 N–H and O–H groups in total. The van der Waals surface area contributed by atoms with Gasteiger partial charge >= 0.3 is 0 Å². The van der Waals surface area contributed by atoms with Crippen LogP contribution >= 0.6 is 23.2 Å². The number of hydrogen-bond acceptors (Lipinski definition) is 3. The molecule has 1 heterocycles. The Morgan fingerprint density at radius 2 is 2.24 bits per heavy atom. The van der Waals surface area contributed by atoms with Crippen molar-refractivity contribution in [3.63, 3.8) is 0 Å². The van der Waals surface area contributed by atoms with Gasteiger partial charge in [0.25, 0.3) is 5.89 Å². The summed E-state index contributed by atoms with van der Waals surface area (Å²) in [6, 6.07) is 4.20. The number of hydrogen-bond donors (Lipinski definition) is 0. The van der Waals surface area contributed by atoms with E-state index in [1.54, 1.807) is 0 Å². The Labute approximate surface area is 108 Å². The monoisotopic (exact) mass is 274 g/mol. The minimum Gasteiger partial charge on any atom is -0.334 e. The molecule has 1 aromatic heterocycles. The molecule has 1 unspecified atom stereocenters. The highest BCUT2D eigenvalue weighted by Gasteiger charge is 2.15. The lowest BCUT2D eigenvalue weighted by Gasteiger charge is -1.97. The molecule has 17 heavy (non-hydrogen) atoms. The van der Waals surface area contributed by atoms with Crippen LogP contribution in [0, 0.1) is 5.82 Å². The SMILES string of the molecule is CCC(Cl)c1noc(-c2ccc(F)c(Cl)c2)n1. The molecule has 3 nitrogen and oxygen atoms in total. The number of rotatable bonds is 3. The van der Waals surface area contributed by atoms with Crippen molar-refractivity contribution in [2.45, 2.75) is 18.7 Å². The largest absolute Gasteiger partial charge is 0.334 e. The molecule has 1 atom stereocenters. The molecule has 0 spiro atoms. The zero-order valence-electron chi connectivity index (χ0n) is 8.95. The van der Waals surface area contributed by atoms with E-state index in [9.17, 15) is 4.39 Å². The summed E-state index contributed by atoms with van der Waals surface area (Å²) in [5, 5.41) is 3.49. The van der Waals surface area contributed by atoms with Gasteiger partial charge in [-0.1, -0.05) is 23.7 Å². The molecule has 0 amide bonds. The Hall–Kier alpha value is -1.13. The molecule has 2 rings (SSSR count). The van der Waals surface area contributed by atoms with Crippen LogP contribution in [0.1, 0.15) is 24.5 Å². The Kier molecular flexibility index (Phi) is 3.64. The quantitative estimate of drug-likeness (QED) is 0.787. The Morgan fingerprint density at radius 1 is 1.47 bits per heavy atom. The maximum atomic E-state index is 13.0. The maximum Gasteiger partial charge on any atom is 0.258 e. The van der Waals surface area contributed by atoms with Crippen LogP contribution in [0.15, 0.2) is 22.7 Å². The van der Waals surface area contributed by atoms with E-state index in [1.807, 2.05) is 6.92 Å². The van der Waals surface area contributed by atoms with Crippen LogP contribution in [-0.2, 0) is 0 Å². The molecule has 1 aromatic carbocycles. The molecule has 0 saturated carbocycles. The zero-order valence-corrected chi connectivity index (χ0v) is 10.5. The van der Waals surface area contributed by atoms with Crippen molar-refractivity contribution >= 4 is 23.2 Å². The van der Waals surface area contributed by atoms with E-state index in [2.05, 4.69) is 10.1 Å². The highest BCUT2D eigenvalue weighted by Crippen LogP contribution is 2.26. The van der Waals surface area contributed by atoms with Crippen LogP contribution < -0.4 is 0 Å². The number of alkyl halides is 1. The normalized spacial score (nSPS) is 12.7. The van der Waals surface area contributed by atoms with Gasteiger partial charge < -0.3 is 4.52 Å². The first-order valence-corrected chi connectivity index (χ1v) is 5.86. The van der Waals surface area contributed by atoms with Gasteiger partial charge in [0.1, 0.15) is 5.82 Å².